The van der Waals surface area contributed by atoms with Crippen molar-refractivity contribution >= 4 is 0 Å². The molecule has 0 saturated carbocycles. The van der Waals surface area contributed by atoms with E-state index in [1.165, 1.54) is 5.56 Å². The molecule has 0 bridgehead atoms. The Morgan fingerprint density at radius 1 is 0.850 bits per heavy atom. The van der Waals surface area contributed by atoms with Crippen molar-refractivity contribution in [2.45, 2.75) is 13.1 Å². The molecule has 0 aliphatic heterocycles. The summed E-state index contributed by atoms with van der Waals surface area (Å²) in [6.07, 6.45) is 0. The van der Waals surface area contributed by atoms with Gasteiger partial charge in [-0.2, -0.15) is 0 Å². The van der Waals surface area contributed by atoms with Crippen LogP contribution in [0.4, 0.5) is 0 Å². The number of ether oxygens (including phenoxy) is 2. The van der Waals surface area contributed by atoms with Gasteiger partial charge in [-0.1, -0.05) is 36.4 Å². The number of rotatable bonds is 6. The zero-order valence-corrected chi connectivity index (χ0v) is 11.9. The molecule has 0 saturated heterocycles. The second kappa shape index (κ2) is 6.93. The largest absolute Gasteiger partial charge is 0.496 e. The fraction of sp³-hybridized carbons (Fsp3) is 0.250. The van der Waals surface area contributed by atoms with Gasteiger partial charge >= 0.3 is 0 Å². The first-order chi connectivity index (χ1) is 9.74. The van der Waals surface area contributed by atoms with E-state index in [4.69, 9.17) is 15.3 Å². The smallest absolute Gasteiger partial charge is 0.127 e. The minimum Gasteiger partial charge on any atom is -0.496 e. The van der Waals surface area contributed by atoms with E-state index < -0.39 is 0 Å². The lowest BCUT2D eigenvalue weighted by atomic mass is 10.1. The average molecular weight is 272 g/mol. The van der Waals surface area contributed by atoms with Crippen molar-refractivity contribution in [3.05, 3.63) is 59.7 Å². The second-order valence-electron chi connectivity index (χ2n) is 4.53. The monoisotopic (exact) mass is 272 g/mol. The number of benzene rings is 2. The Labute approximate surface area is 119 Å². The maximum Gasteiger partial charge on any atom is 0.127 e. The first-order valence-electron chi connectivity index (χ1n) is 6.48. The molecule has 0 aromatic heterocycles. The summed E-state index contributed by atoms with van der Waals surface area (Å²) in [6.45, 7) is 1.23. The molecule has 4 heteroatoms. The maximum atomic E-state index is 6.11. The molecule has 0 aliphatic carbocycles. The molecule has 2 rings (SSSR count). The lowest BCUT2D eigenvalue weighted by Gasteiger charge is -2.20. The van der Waals surface area contributed by atoms with Crippen molar-refractivity contribution in [1.29, 1.82) is 0 Å². The fourth-order valence-corrected chi connectivity index (χ4v) is 2.16. The van der Waals surface area contributed by atoms with E-state index in [1.54, 1.807) is 19.2 Å². The standard InChI is InChI=1S/C16H20N2O2/c1-19-15-9-6-10-16(20-2)14(15)12-18(17)11-13-7-4-3-5-8-13/h3-10H,11-12,17H2,1-2H3. The molecule has 0 unspecified atom stereocenters. The SMILES string of the molecule is COc1cccc(OC)c1CN(N)Cc1ccccc1. The molecule has 2 aromatic carbocycles. The predicted octanol–water partition coefficient (Wildman–Crippen LogP) is 2.58. The molecular weight excluding hydrogens is 252 g/mol. The summed E-state index contributed by atoms with van der Waals surface area (Å²) in [5.74, 6) is 7.68. The number of methoxy groups -OCH3 is 2. The van der Waals surface area contributed by atoms with E-state index >= 15 is 0 Å². The van der Waals surface area contributed by atoms with E-state index in [0.29, 0.717) is 13.1 Å². The van der Waals surface area contributed by atoms with Crippen LogP contribution in [0.15, 0.2) is 48.5 Å². The lowest BCUT2D eigenvalue weighted by molar-refractivity contribution is 0.255. The fourth-order valence-electron chi connectivity index (χ4n) is 2.16. The quantitative estimate of drug-likeness (QED) is 0.648. The summed E-state index contributed by atoms with van der Waals surface area (Å²) in [5.41, 5.74) is 2.12. The summed E-state index contributed by atoms with van der Waals surface area (Å²) in [5, 5.41) is 1.75. The number of nitrogens with two attached hydrogens (primary N) is 1. The highest BCUT2D eigenvalue weighted by Gasteiger charge is 2.12. The second-order valence-corrected chi connectivity index (χ2v) is 4.53. The molecule has 0 heterocycles. The van der Waals surface area contributed by atoms with Gasteiger partial charge in [0.1, 0.15) is 11.5 Å². The minimum atomic E-state index is 0.558. The van der Waals surface area contributed by atoms with Crippen LogP contribution in [-0.2, 0) is 13.1 Å². The van der Waals surface area contributed by atoms with Crippen LogP contribution in [0.5, 0.6) is 11.5 Å². The molecule has 2 aromatic rings. The van der Waals surface area contributed by atoms with Gasteiger partial charge < -0.3 is 9.47 Å². The summed E-state index contributed by atoms with van der Waals surface area (Å²) in [4.78, 5) is 0. The summed E-state index contributed by atoms with van der Waals surface area (Å²) < 4.78 is 10.8. The molecule has 0 atom stereocenters. The molecule has 0 spiro atoms. The Hall–Kier alpha value is -2.04. The summed E-state index contributed by atoms with van der Waals surface area (Å²) in [7, 11) is 3.30. The van der Waals surface area contributed by atoms with Gasteiger partial charge in [0, 0.05) is 13.1 Å². The van der Waals surface area contributed by atoms with Crippen molar-refractivity contribution in [2.24, 2.45) is 5.84 Å². The number of hydrogen-bond donors (Lipinski definition) is 1. The number of hydrogen-bond acceptors (Lipinski definition) is 4. The Kier molecular flexibility index (Phi) is 4.98. The molecule has 0 radical (unpaired) electrons. The predicted molar refractivity (Wildman–Crippen MR) is 79.4 cm³/mol. The van der Waals surface area contributed by atoms with Crippen molar-refractivity contribution in [3.8, 4) is 11.5 Å². The Balaban J connectivity index is 2.13. The molecule has 0 amide bonds. The van der Waals surface area contributed by atoms with Crippen LogP contribution in [0, 0.1) is 0 Å². The van der Waals surface area contributed by atoms with E-state index in [-0.39, 0.29) is 0 Å². The lowest BCUT2D eigenvalue weighted by Crippen LogP contribution is -2.30. The average Bonchev–Trinajstić information content (AvgIpc) is 2.48. The van der Waals surface area contributed by atoms with Crippen LogP contribution < -0.4 is 15.3 Å². The number of hydrazine groups is 1. The van der Waals surface area contributed by atoms with Crippen LogP contribution in [0.3, 0.4) is 0 Å². The van der Waals surface area contributed by atoms with Crippen molar-refractivity contribution in [2.75, 3.05) is 14.2 Å². The molecule has 2 N–H and O–H groups in total. The highest BCUT2D eigenvalue weighted by molar-refractivity contribution is 5.44. The van der Waals surface area contributed by atoms with Gasteiger partial charge in [-0.05, 0) is 17.7 Å². The van der Waals surface area contributed by atoms with Crippen LogP contribution in [0.25, 0.3) is 0 Å². The normalized spacial score (nSPS) is 10.6. The van der Waals surface area contributed by atoms with E-state index in [0.717, 1.165) is 17.1 Å². The van der Waals surface area contributed by atoms with Gasteiger partial charge in [0.05, 0.1) is 19.8 Å². The van der Waals surface area contributed by atoms with E-state index in [9.17, 15) is 0 Å². The van der Waals surface area contributed by atoms with Crippen molar-refractivity contribution in [1.82, 2.24) is 5.01 Å². The number of nitrogens with zero attached hydrogens (tertiary/aromatic N) is 1. The van der Waals surface area contributed by atoms with E-state index in [1.807, 2.05) is 36.4 Å². The molecule has 20 heavy (non-hydrogen) atoms. The molecule has 106 valence electrons. The van der Waals surface area contributed by atoms with Crippen LogP contribution in [-0.4, -0.2) is 19.2 Å². The van der Waals surface area contributed by atoms with Gasteiger partial charge in [-0.3, -0.25) is 5.84 Å². The summed E-state index contributed by atoms with van der Waals surface area (Å²) >= 11 is 0. The van der Waals surface area contributed by atoms with Gasteiger partial charge in [-0.25, -0.2) is 5.01 Å². The first-order valence-corrected chi connectivity index (χ1v) is 6.48. The first kappa shape index (κ1) is 14.4. The van der Waals surface area contributed by atoms with Crippen LogP contribution in [0.1, 0.15) is 11.1 Å². The topological polar surface area (TPSA) is 47.7 Å². The van der Waals surface area contributed by atoms with Gasteiger partial charge in [0.2, 0.25) is 0 Å². The molecule has 0 aliphatic rings. The third kappa shape index (κ3) is 3.50. The molecular formula is C16H20N2O2. The zero-order chi connectivity index (χ0) is 14.4. The third-order valence-electron chi connectivity index (χ3n) is 3.12. The third-order valence-corrected chi connectivity index (χ3v) is 3.12. The van der Waals surface area contributed by atoms with Gasteiger partial charge in [0.15, 0.2) is 0 Å². The minimum absolute atomic E-state index is 0.558. The Morgan fingerprint density at radius 3 is 2.00 bits per heavy atom. The van der Waals surface area contributed by atoms with Crippen molar-refractivity contribution < 1.29 is 9.47 Å². The van der Waals surface area contributed by atoms with Gasteiger partial charge in [0.25, 0.3) is 0 Å². The summed E-state index contributed by atoms with van der Waals surface area (Å²) in [6, 6.07) is 15.8. The molecule has 0 fully saturated rings. The van der Waals surface area contributed by atoms with Crippen LogP contribution >= 0.6 is 0 Å². The van der Waals surface area contributed by atoms with Crippen LogP contribution in [0.2, 0.25) is 0 Å². The zero-order valence-electron chi connectivity index (χ0n) is 11.9. The van der Waals surface area contributed by atoms with Crippen molar-refractivity contribution in [3.63, 3.8) is 0 Å². The maximum absolute atomic E-state index is 6.11. The Bertz CT molecular complexity index is 521. The Morgan fingerprint density at radius 2 is 1.45 bits per heavy atom. The highest BCUT2D eigenvalue weighted by atomic mass is 16.5. The van der Waals surface area contributed by atoms with Gasteiger partial charge in [-0.15, -0.1) is 0 Å². The van der Waals surface area contributed by atoms with E-state index in [2.05, 4.69) is 12.1 Å². The highest BCUT2D eigenvalue weighted by Crippen LogP contribution is 2.29. The molecule has 4 nitrogen and oxygen atoms in total.